The second-order valence-corrected chi connectivity index (χ2v) is 4.94. The summed E-state index contributed by atoms with van der Waals surface area (Å²) in [6.45, 7) is 0.728. The number of aliphatic hydroxyl groups is 1. The molecule has 1 aliphatic carbocycles. The smallest absolute Gasteiger partial charge is 0.321 e. The maximum absolute atomic E-state index is 11.1. The van der Waals surface area contributed by atoms with Crippen molar-refractivity contribution in [2.75, 3.05) is 6.54 Å². The summed E-state index contributed by atoms with van der Waals surface area (Å²) in [6, 6.07) is -0.282. The molecule has 1 saturated heterocycles. The van der Waals surface area contributed by atoms with E-state index in [-0.39, 0.29) is 6.42 Å². The Balaban J connectivity index is 1.74. The number of aromatic nitrogens is 4. The van der Waals surface area contributed by atoms with Gasteiger partial charge in [-0.15, -0.1) is 5.10 Å². The summed E-state index contributed by atoms with van der Waals surface area (Å²) in [6.07, 6.45) is 1.82. The molecule has 0 radical (unpaired) electrons. The van der Waals surface area contributed by atoms with Crippen molar-refractivity contribution in [1.29, 1.82) is 0 Å². The summed E-state index contributed by atoms with van der Waals surface area (Å²) in [5, 5.41) is 30.2. The number of likely N-dealkylation sites (tertiary alicyclic amines) is 1. The van der Waals surface area contributed by atoms with Gasteiger partial charge in [0.1, 0.15) is 6.04 Å². The summed E-state index contributed by atoms with van der Waals surface area (Å²) >= 11 is 0. The second kappa shape index (κ2) is 4.29. The van der Waals surface area contributed by atoms with Crippen LogP contribution in [0.15, 0.2) is 0 Å². The summed E-state index contributed by atoms with van der Waals surface area (Å²) in [7, 11) is 0. The minimum atomic E-state index is -0.906. The van der Waals surface area contributed by atoms with Crippen LogP contribution in [0.4, 0.5) is 0 Å². The molecular formula is C10H15N5O3. The molecule has 98 valence electrons. The highest BCUT2D eigenvalue weighted by Gasteiger charge is 2.37. The van der Waals surface area contributed by atoms with Crippen molar-refractivity contribution in [2.45, 2.75) is 44.0 Å². The first-order valence-electron chi connectivity index (χ1n) is 6.07. The van der Waals surface area contributed by atoms with Crippen molar-refractivity contribution in [2.24, 2.45) is 0 Å². The highest BCUT2D eigenvalue weighted by Crippen LogP contribution is 2.34. The van der Waals surface area contributed by atoms with Gasteiger partial charge < -0.3 is 10.2 Å². The molecule has 2 fully saturated rings. The minimum absolute atomic E-state index is 0.264. The fraction of sp³-hybridized carbons (Fsp3) is 0.800. The van der Waals surface area contributed by atoms with E-state index in [1.165, 1.54) is 0 Å². The Morgan fingerprint density at radius 3 is 2.89 bits per heavy atom. The maximum atomic E-state index is 11.1. The van der Waals surface area contributed by atoms with Gasteiger partial charge in [-0.05, 0) is 23.3 Å². The van der Waals surface area contributed by atoms with E-state index in [4.69, 9.17) is 5.11 Å². The Hall–Kier alpha value is -1.54. The van der Waals surface area contributed by atoms with Gasteiger partial charge in [-0.2, -0.15) is 0 Å². The van der Waals surface area contributed by atoms with Gasteiger partial charge >= 0.3 is 5.97 Å². The highest BCUT2D eigenvalue weighted by atomic mass is 16.4. The Labute approximate surface area is 103 Å². The molecular weight excluding hydrogens is 238 g/mol. The lowest BCUT2D eigenvalue weighted by atomic mass is 10.2. The van der Waals surface area contributed by atoms with Crippen LogP contribution in [0.2, 0.25) is 0 Å². The van der Waals surface area contributed by atoms with E-state index in [9.17, 15) is 9.90 Å². The van der Waals surface area contributed by atoms with Crippen molar-refractivity contribution in [3.8, 4) is 0 Å². The number of tetrazole rings is 1. The standard InChI is InChI=1S/C10H15N5O3/c16-7-3-8(10(17)18)14(4-7)5-9-11-12-13-15(9)6-1-2-6/h6-8,16H,1-5H2,(H,17,18). The normalized spacial score (nSPS) is 28.7. The molecule has 18 heavy (non-hydrogen) atoms. The van der Waals surface area contributed by atoms with Crippen LogP contribution in [0.25, 0.3) is 0 Å². The lowest BCUT2D eigenvalue weighted by molar-refractivity contribution is -0.142. The molecule has 2 N–H and O–H groups in total. The number of carbonyl (C=O) groups is 1. The summed E-state index contributed by atoms with van der Waals surface area (Å²) in [5.74, 6) is -0.227. The van der Waals surface area contributed by atoms with Crippen LogP contribution in [0.3, 0.4) is 0 Å². The molecule has 8 heteroatoms. The van der Waals surface area contributed by atoms with Crippen LogP contribution in [0, 0.1) is 0 Å². The zero-order valence-corrected chi connectivity index (χ0v) is 9.81. The summed E-state index contributed by atoms with van der Waals surface area (Å²) in [5.41, 5.74) is 0. The monoisotopic (exact) mass is 253 g/mol. The zero-order valence-electron chi connectivity index (χ0n) is 9.81. The largest absolute Gasteiger partial charge is 0.480 e. The fourth-order valence-electron chi connectivity index (χ4n) is 2.41. The van der Waals surface area contributed by atoms with E-state index in [1.807, 2.05) is 0 Å². The number of rotatable bonds is 4. The van der Waals surface area contributed by atoms with Crippen LogP contribution in [0.1, 0.15) is 31.1 Å². The van der Waals surface area contributed by atoms with Crippen LogP contribution in [0.5, 0.6) is 0 Å². The third-order valence-corrected chi connectivity index (χ3v) is 3.46. The molecule has 8 nitrogen and oxygen atoms in total. The lowest BCUT2D eigenvalue weighted by Crippen LogP contribution is -2.36. The van der Waals surface area contributed by atoms with Gasteiger partial charge in [0.15, 0.2) is 5.82 Å². The van der Waals surface area contributed by atoms with Crippen molar-refractivity contribution in [1.82, 2.24) is 25.1 Å². The number of carboxylic acids is 1. The molecule has 1 aliphatic heterocycles. The average Bonchev–Trinajstić information content (AvgIpc) is 2.94. The number of hydrogen-bond acceptors (Lipinski definition) is 6. The first-order chi connectivity index (χ1) is 8.65. The van der Waals surface area contributed by atoms with Crippen LogP contribution >= 0.6 is 0 Å². The average molecular weight is 253 g/mol. The van der Waals surface area contributed by atoms with E-state index in [1.54, 1.807) is 9.58 Å². The Morgan fingerprint density at radius 2 is 2.22 bits per heavy atom. The SMILES string of the molecule is O=C(O)C1CC(O)CN1Cc1nnnn1C1CC1. The topological polar surface area (TPSA) is 104 Å². The van der Waals surface area contributed by atoms with Gasteiger partial charge in [0, 0.05) is 13.0 Å². The van der Waals surface area contributed by atoms with E-state index in [0.29, 0.717) is 25.0 Å². The predicted octanol–water partition coefficient (Wildman–Crippen LogP) is -0.972. The predicted molar refractivity (Wildman–Crippen MR) is 58.5 cm³/mol. The number of aliphatic carboxylic acids is 1. The number of hydrogen-bond donors (Lipinski definition) is 2. The fourth-order valence-corrected chi connectivity index (χ4v) is 2.41. The van der Waals surface area contributed by atoms with Gasteiger partial charge in [-0.25, -0.2) is 4.68 Å². The first kappa shape index (κ1) is 11.5. The van der Waals surface area contributed by atoms with Crippen LogP contribution < -0.4 is 0 Å². The van der Waals surface area contributed by atoms with Crippen molar-refractivity contribution < 1.29 is 15.0 Å². The van der Waals surface area contributed by atoms with Gasteiger partial charge in [0.25, 0.3) is 0 Å². The van der Waals surface area contributed by atoms with E-state index >= 15 is 0 Å². The van der Waals surface area contributed by atoms with Gasteiger partial charge in [-0.3, -0.25) is 9.69 Å². The van der Waals surface area contributed by atoms with Crippen molar-refractivity contribution in [3.05, 3.63) is 5.82 Å². The Morgan fingerprint density at radius 1 is 1.44 bits per heavy atom. The molecule has 1 aromatic heterocycles. The molecule has 0 amide bonds. The van der Waals surface area contributed by atoms with Gasteiger partial charge in [0.2, 0.25) is 0 Å². The van der Waals surface area contributed by atoms with Crippen molar-refractivity contribution in [3.63, 3.8) is 0 Å². The third-order valence-electron chi connectivity index (χ3n) is 3.46. The third kappa shape index (κ3) is 2.08. The summed E-state index contributed by atoms with van der Waals surface area (Å²) in [4.78, 5) is 12.8. The highest BCUT2D eigenvalue weighted by molar-refractivity contribution is 5.74. The molecule has 0 spiro atoms. The summed E-state index contributed by atoms with van der Waals surface area (Å²) < 4.78 is 1.77. The second-order valence-electron chi connectivity index (χ2n) is 4.94. The zero-order chi connectivity index (χ0) is 12.7. The first-order valence-corrected chi connectivity index (χ1v) is 6.07. The number of β-amino-alcohol motifs (C(OH)–C–C–N with tert-alkyl or cyclic N) is 1. The minimum Gasteiger partial charge on any atom is -0.480 e. The van der Waals surface area contributed by atoms with Crippen LogP contribution in [-0.2, 0) is 11.3 Å². The quantitative estimate of drug-likeness (QED) is 0.711. The molecule has 2 heterocycles. The Bertz CT molecular complexity index is 458. The molecule has 3 rings (SSSR count). The van der Waals surface area contributed by atoms with E-state index < -0.39 is 18.1 Å². The van der Waals surface area contributed by atoms with E-state index in [2.05, 4.69) is 15.5 Å². The molecule has 2 aliphatic rings. The van der Waals surface area contributed by atoms with Crippen LogP contribution in [-0.4, -0.2) is 60.0 Å². The molecule has 2 atom stereocenters. The van der Waals surface area contributed by atoms with E-state index in [0.717, 1.165) is 12.8 Å². The lowest BCUT2D eigenvalue weighted by Gasteiger charge is -2.19. The number of carboxylic acid groups (broad SMARTS) is 1. The van der Waals surface area contributed by atoms with Gasteiger partial charge in [-0.1, -0.05) is 0 Å². The molecule has 0 aromatic carbocycles. The molecule has 1 aromatic rings. The maximum Gasteiger partial charge on any atom is 0.321 e. The Kier molecular flexibility index (Phi) is 2.75. The van der Waals surface area contributed by atoms with Crippen molar-refractivity contribution >= 4 is 5.97 Å². The molecule has 1 saturated carbocycles. The molecule has 0 bridgehead atoms. The number of nitrogens with zero attached hydrogens (tertiary/aromatic N) is 5. The number of aliphatic hydroxyl groups excluding tert-OH is 1. The van der Waals surface area contributed by atoms with Gasteiger partial charge in [0.05, 0.1) is 18.7 Å². The molecule has 2 unspecified atom stereocenters.